The molecule has 2 amide bonds. The Morgan fingerprint density at radius 3 is 2.56 bits per heavy atom. The first-order valence-electron chi connectivity index (χ1n) is 6.71. The maximum atomic E-state index is 12.0. The number of carbonyl (C=O) groups excluding carboxylic acids is 2. The SMILES string of the molecule is CCC(C(N)=O)N1CCC(C#CC2CC2)CC1=O. The Kier molecular flexibility index (Phi) is 3.90. The van der Waals surface area contributed by atoms with Crippen LogP contribution in [0.2, 0.25) is 0 Å². The number of nitrogens with two attached hydrogens (primary N) is 1. The molecule has 2 unspecified atom stereocenters. The summed E-state index contributed by atoms with van der Waals surface area (Å²) in [6, 6.07) is -0.449. The van der Waals surface area contributed by atoms with Crippen LogP contribution in [-0.2, 0) is 9.59 Å². The molecule has 4 nitrogen and oxygen atoms in total. The summed E-state index contributed by atoms with van der Waals surface area (Å²) >= 11 is 0. The van der Waals surface area contributed by atoms with Crippen LogP contribution in [0.3, 0.4) is 0 Å². The van der Waals surface area contributed by atoms with Crippen molar-refractivity contribution in [1.82, 2.24) is 4.90 Å². The van der Waals surface area contributed by atoms with Crippen LogP contribution in [0, 0.1) is 23.7 Å². The summed E-state index contributed by atoms with van der Waals surface area (Å²) < 4.78 is 0. The lowest BCUT2D eigenvalue weighted by molar-refractivity contribution is -0.142. The molecule has 2 fully saturated rings. The van der Waals surface area contributed by atoms with Crippen LogP contribution in [0.1, 0.15) is 39.0 Å². The lowest BCUT2D eigenvalue weighted by Crippen LogP contribution is -2.50. The highest BCUT2D eigenvalue weighted by Crippen LogP contribution is 2.28. The Hall–Kier alpha value is -1.50. The third-order valence-electron chi connectivity index (χ3n) is 3.62. The average molecular weight is 248 g/mol. The van der Waals surface area contributed by atoms with E-state index in [2.05, 4.69) is 11.8 Å². The largest absolute Gasteiger partial charge is 0.368 e. The molecular formula is C14H20N2O2. The van der Waals surface area contributed by atoms with Gasteiger partial charge in [-0.3, -0.25) is 9.59 Å². The van der Waals surface area contributed by atoms with Gasteiger partial charge in [0.1, 0.15) is 6.04 Å². The van der Waals surface area contributed by atoms with Gasteiger partial charge in [-0.25, -0.2) is 0 Å². The van der Waals surface area contributed by atoms with Gasteiger partial charge < -0.3 is 10.6 Å². The number of amides is 2. The molecule has 2 rings (SSSR count). The quantitative estimate of drug-likeness (QED) is 0.754. The number of likely N-dealkylation sites (tertiary alicyclic amines) is 1. The van der Waals surface area contributed by atoms with Crippen molar-refractivity contribution in [1.29, 1.82) is 0 Å². The number of hydrogen-bond acceptors (Lipinski definition) is 2. The number of primary amides is 1. The Labute approximate surface area is 108 Å². The lowest BCUT2D eigenvalue weighted by Gasteiger charge is -2.34. The number of hydrogen-bond donors (Lipinski definition) is 1. The zero-order chi connectivity index (χ0) is 13.1. The van der Waals surface area contributed by atoms with E-state index in [1.165, 1.54) is 12.8 Å². The summed E-state index contributed by atoms with van der Waals surface area (Å²) in [5.74, 6) is 6.77. The standard InChI is InChI=1S/C14H20N2O2/c1-2-12(14(15)18)16-8-7-11(9-13(16)17)6-5-10-3-4-10/h10-12H,2-4,7-9H2,1H3,(H2,15,18). The van der Waals surface area contributed by atoms with Crippen LogP contribution in [0.4, 0.5) is 0 Å². The van der Waals surface area contributed by atoms with Crippen LogP contribution < -0.4 is 5.73 Å². The van der Waals surface area contributed by atoms with E-state index < -0.39 is 11.9 Å². The molecule has 1 heterocycles. The van der Waals surface area contributed by atoms with Crippen LogP contribution in [0.15, 0.2) is 0 Å². The van der Waals surface area contributed by atoms with Crippen LogP contribution in [-0.4, -0.2) is 29.3 Å². The Morgan fingerprint density at radius 1 is 1.39 bits per heavy atom. The highest BCUT2D eigenvalue weighted by atomic mass is 16.2. The molecule has 18 heavy (non-hydrogen) atoms. The predicted molar refractivity (Wildman–Crippen MR) is 68.2 cm³/mol. The predicted octanol–water partition coefficient (Wildman–Crippen LogP) is 0.902. The van der Waals surface area contributed by atoms with Crippen LogP contribution >= 0.6 is 0 Å². The first-order chi connectivity index (χ1) is 8.61. The molecule has 0 radical (unpaired) electrons. The summed E-state index contributed by atoms with van der Waals surface area (Å²) in [6.45, 7) is 2.48. The van der Waals surface area contributed by atoms with Gasteiger partial charge in [-0.05, 0) is 25.7 Å². The first-order valence-corrected chi connectivity index (χ1v) is 6.71. The fraction of sp³-hybridized carbons (Fsp3) is 0.714. The third kappa shape index (κ3) is 3.04. The van der Waals surface area contributed by atoms with Gasteiger partial charge in [-0.1, -0.05) is 18.8 Å². The second-order valence-corrected chi connectivity index (χ2v) is 5.17. The molecule has 0 spiro atoms. The summed E-state index contributed by atoms with van der Waals surface area (Å²) in [5.41, 5.74) is 5.32. The molecule has 1 saturated heterocycles. The van der Waals surface area contributed by atoms with E-state index in [0.717, 1.165) is 6.42 Å². The van der Waals surface area contributed by atoms with Crippen molar-refractivity contribution in [3.8, 4) is 11.8 Å². The van der Waals surface area contributed by atoms with Gasteiger partial charge in [0.25, 0.3) is 0 Å². The normalized spacial score (nSPS) is 25.3. The van der Waals surface area contributed by atoms with Crippen molar-refractivity contribution >= 4 is 11.8 Å². The molecule has 1 aliphatic carbocycles. The monoisotopic (exact) mass is 248 g/mol. The van der Waals surface area contributed by atoms with E-state index in [4.69, 9.17) is 5.73 Å². The molecule has 0 bridgehead atoms. The molecule has 0 aromatic heterocycles. The van der Waals surface area contributed by atoms with Crippen molar-refractivity contribution in [2.45, 2.75) is 45.1 Å². The summed E-state index contributed by atoms with van der Waals surface area (Å²) in [7, 11) is 0. The van der Waals surface area contributed by atoms with Crippen molar-refractivity contribution in [3.05, 3.63) is 0 Å². The topological polar surface area (TPSA) is 63.4 Å². The fourth-order valence-corrected chi connectivity index (χ4v) is 2.34. The van der Waals surface area contributed by atoms with Crippen LogP contribution in [0.5, 0.6) is 0 Å². The number of piperidine rings is 1. The molecule has 2 atom stereocenters. The molecule has 0 aromatic carbocycles. The zero-order valence-electron chi connectivity index (χ0n) is 10.8. The van der Waals surface area contributed by atoms with Crippen molar-refractivity contribution in [2.24, 2.45) is 17.6 Å². The minimum atomic E-state index is -0.449. The molecule has 0 aromatic rings. The minimum absolute atomic E-state index is 0.0157. The maximum absolute atomic E-state index is 12.0. The molecule has 2 N–H and O–H groups in total. The fourth-order valence-electron chi connectivity index (χ4n) is 2.34. The zero-order valence-corrected chi connectivity index (χ0v) is 10.8. The number of rotatable bonds is 3. The molecular weight excluding hydrogens is 228 g/mol. The van der Waals surface area contributed by atoms with Gasteiger partial charge >= 0.3 is 0 Å². The van der Waals surface area contributed by atoms with Gasteiger partial charge in [0, 0.05) is 24.8 Å². The first kappa shape index (κ1) is 12.9. The van der Waals surface area contributed by atoms with E-state index in [1.807, 2.05) is 6.92 Å². The number of carbonyl (C=O) groups is 2. The summed E-state index contributed by atoms with van der Waals surface area (Å²) in [5, 5.41) is 0. The van der Waals surface area contributed by atoms with Crippen LogP contribution in [0.25, 0.3) is 0 Å². The smallest absolute Gasteiger partial charge is 0.240 e. The van der Waals surface area contributed by atoms with Crippen molar-refractivity contribution < 1.29 is 9.59 Å². The Balaban J connectivity index is 1.93. The van der Waals surface area contributed by atoms with E-state index in [9.17, 15) is 9.59 Å². The second kappa shape index (κ2) is 5.43. The highest BCUT2D eigenvalue weighted by Gasteiger charge is 2.32. The Morgan fingerprint density at radius 2 is 2.06 bits per heavy atom. The van der Waals surface area contributed by atoms with E-state index in [1.54, 1.807) is 4.90 Å². The molecule has 1 saturated carbocycles. The second-order valence-electron chi connectivity index (χ2n) is 5.17. The minimum Gasteiger partial charge on any atom is -0.368 e. The third-order valence-corrected chi connectivity index (χ3v) is 3.62. The van der Waals surface area contributed by atoms with Gasteiger partial charge in [0.15, 0.2) is 0 Å². The van der Waals surface area contributed by atoms with Gasteiger partial charge in [-0.2, -0.15) is 0 Å². The molecule has 4 heteroatoms. The summed E-state index contributed by atoms with van der Waals surface area (Å²) in [4.78, 5) is 24.9. The van der Waals surface area contributed by atoms with Gasteiger partial charge in [0.05, 0.1) is 0 Å². The van der Waals surface area contributed by atoms with Crippen molar-refractivity contribution in [3.63, 3.8) is 0 Å². The molecule has 2 aliphatic rings. The highest BCUT2D eigenvalue weighted by molar-refractivity contribution is 5.87. The van der Waals surface area contributed by atoms with Gasteiger partial charge in [0.2, 0.25) is 11.8 Å². The molecule has 98 valence electrons. The Bertz CT molecular complexity index is 404. The maximum Gasteiger partial charge on any atom is 0.240 e. The van der Waals surface area contributed by atoms with E-state index >= 15 is 0 Å². The van der Waals surface area contributed by atoms with E-state index in [0.29, 0.717) is 25.3 Å². The number of nitrogens with zero attached hydrogens (tertiary/aromatic N) is 1. The van der Waals surface area contributed by atoms with Gasteiger partial charge in [-0.15, -0.1) is 0 Å². The van der Waals surface area contributed by atoms with E-state index in [-0.39, 0.29) is 11.8 Å². The molecule has 1 aliphatic heterocycles. The average Bonchev–Trinajstić information content (AvgIpc) is 3.13. The summed E-state index contributed by atoms with van der Waals surface area (Å²) in [6.07, 6.45) is 4.29. The van der Waals surface area contributed by atoms with Crippen molar-refractivity contribution in [2.75, 3.05) is 6.54 Å². The lowest BCUT2D eigenvalue weighted by atomic mass is 9.95.